The molecule has 0 aliphatic carbocycles. The summed E-state index contributed by atoms with van der Waals surface area (Å²) in [5.74, 6) is -0.326. The average molecular weight is 389 g/mol. The van der Waals surface area contributed by atoms with Crippen LogP contribution in [0.25, 0.3) is 0 Å². The Morgan fingerprint density at radius 3 is 1.93 bits per heavy atom. The van der Waals surface area contributed by atoms with Crippen molar-refractivity contribution in [2.75, 3.05) is 10.6 Å². The van der Waals surface area contributed by atoms with Crippen LogP contribution in [0.1, 0.15) is 43.0 Å². The highest BCUT2D eigenvalue weighted by Gasteiger charge is 2.30. The van der Waals surface area contributed by atoms with Crippen LogP contribution in [0.2, 0.25) is 0 Å². The Bertz CT molecular complexity index is 875. The molecule has 0 aromatic heterocycles. The van der Waals surface area contributed by atoms with Crippen molar-refractivity contribution in [3.63, 3.8) is 0 Å². The van der Waals surface area contributed by atoms with Gasteiger partial charge in [-0.15, -0.1) is 0 Å². The summed E-state index contributed by atoms with van der Waals surface area (Å²) in [4.78, 5) is 12.9. The Kier molecular flexibility index (Phi) is 6.65. The first-order valence-corrected chi connectivity index (χ1v) is 10.9. The number of carbonyl (C=O) groups excluding carboxylic acids is 1. The fourth-order valence-corrected chi connectivity index (χ4v) is 4.19. The summed E-state index contributed by atoms with van der Waals surface area (Å²) in [6.07, 6.45) is 1.83. The topological polar surface area (TPSA) is 66.5 Å². The molecule has 146 valence electrons. The van der Waals surface area contributed by atoms with Crippen LogP contribution in [-0.4, -0.2) is 26.6 Å². The molecule has 0 saturated carbocycles. The molecule has 2 rings (SSSR count). The van der Waals surface area contributed by atoms with E-state index in [4.69, 9.17) is 0 Å². The molecule has 0 spiro atoms. The molecule has 5 nitrogen and oxygen atoms in total. The van der Waals surface area contributed by atoms with Crippen LogP contribution in [0.3, 0.4) is 0 Å². The van der Waals surface area contributed by atoms with Crippen LogP contribution >= 0.6 is 0 Å². The molecule has 27 heavy (non-hydrogen) atoms. The lowest BCUT2D eigenvalue weighted by Crippen LogP contribution is -2.48. The molecule has 0 radical (unpaired) electrons. The summed E-state index contributed by atoms with van der Waals surface area (Å²) in [6.45, 7) is 7.54. The number of benzene rings is 2. The van der Waals surface area contributed by atoms with Gasteiger partial charge in [0.15, 0.2) is 0 Å². The van der Waals surface area contributed by atoms with Crippen molar-refractivity contribution in [1.82, 2.24) is 5.32 Å². The lowest BCUT2D eigenvalue weighted by atomic mass is 10.0. The summed E-state index contributed by atoms with van der Waals surface area (Å²) < 4.78 is 25.9. The zero-order valence-electron chi connectivity index (χ0n) is 16.6. The molecule has 6 heteroatoms. The van der Waals surface area contributed by atoms with E-state index >= 15 is 0 Å². The highest BCUT2D eigenvalue weighted by atomic mass is 32.2. The van der Waals surface area contributed by atoms with Crippen molar-refractivity contribution in [1.29, 1.82) is 0 Å². The average Bonchev–Trinajstić information content (AvgIpc) is 2.61. The first-order chi connectivity index (χ1) is 12.6. The van der Waals surface area contributed by atoms with Crippen LogP contribution in [0.4, 0.5) is 5.69 Å². The van der Waals surface area contributed by atoms with Gasteiger partial charge in [-0.1, -0.05) is 54.4 Å². The van der Waals surface area contributed by atoms with Crippen molar-refractivity contribution in [2.24, 2.45) is 0 Å². The van der Waals surface area contributed by atoms with Crippen molar-refractivity contribution >= 4 is 21.6 Å². The minimum atomic E-state index is -3.62. The second-order valence-corrected chi connectivity index (χ2v) is 8.81. The number of aryl methyl sites for hydroxylation is 2. The predicted octanol–water partition coefficient (Wildman–Crippen LogP) is 3.73. The highest BCUT2D eigenvalue weighted by molar-refractivity contribution is 7.92. The zero-order chi connectivity index (χ0) is 20.2. The SMILES string of the molecule is CC[C@@H](NC(=O)[C@@H](C)N(c1ccc(C)cc1)S(C)(=O)=O)c1ccc(C)cc1. The Morgan fingerprint density at radius 2 is 1.48 bits per heavy atom. The van der Waals surface area contributed by atoms with Gasteiger partial charge in [0.1, 0.15) is 6.04 Å². The van der Waals surface area contributed by atoms with E-state index in [-0.39, 0.29) is 11.9 Å². The quantitative estimate of drug-likeness (QED) is 0.786. The molecule has 0 aliphatic heterocycles. The molecule has 0 unspecified atom stereocenters. The lowest BCUT2D eigenvalue weighted by molar-refractivity contribution is -0.122. The lowest BCUT2D eigenvalue weighted by Gasteiger charge is -2.30. The van der Waals surface area contributed by atoms with Gasteiger partial charge in [0.05, 0.1) is 18.0 Å². The third-order valence-electron chi connectivity index (χ3n) is 4.58. The summed E-state index contributed by atoms with van der Waals surface area (Å²) >= 11 is 0. The Morgan fingerprint density at radius 1 is 1.00 bits per heavy atom. The second-order valence-electron chi connectivity index (χ2n) is 6.95. The molecule has 0 aliphatic rings. The fraction of sp³-hybridized carbons (Fsp3) is 0.381. The number of nitrogens with zero attached hydrogens (tertiary/aromatic N) is 1. The van der Waals surface area contributed by atoms with Crippen LogP contribution in [0.5, 0.6) is 0 Å². The monoisotopic (exact) mass is 388 g/mol. The van der Waals surface area contributed by atoms with Gasteiger partial charge < -0.3 is 5.32 Å². The fourth-order valence-electron chi connectivity index (χ4n) is 3.01. The van der Waals surface area contributed by atoms with Crippen molar-refractivity contribution in [2.45, 2.75) is 46.2 Å². The maximum Gasteiger partial charge on any atom is 0.244 e. The van der Waals surface area contributed by atoms with Crippen molar-refractivity contribution in [3.05, 3.63) is 65.2 Å². The maximum atomic E-state index is 12.9. The van der Waals surface area contributed by atoms with E-state index < -0.39 is 16.1 Å². The predicted molar refractivity (Wildman–Crippen MR) is 110 cm³/mol. The van der Waals surface area contributed by atoms with Gasteiger partial charge in [0.2, 0.25) is 15.9 Å². The highest BCUT2D eigenvalue weighted by Crippen LogP contribution is 2.23. The van der Waals surface area contributed by atoms with E-state index in [1.165, 1.54) is 4.31 Å². The van der Waals surface area contributed by atoms with E-state index in [1.807, 2.05) is 57.2 Å². The Balaban J connectivity index is 2.26. The van der Waals surface area contributed by atoms with E-state index in [2.05, 4.69) is 5.32 Å². The van der Waals surface area contributed by atoms with Gasteiger partial charge in [-0.05, 0) is 44.9 Å². The molecular weight excluding hydrogens is 360 g/mol. The van der Waals surface area contributed by atoms with Crippen LogP contribution in [0, 0.1) is 13.8 Å². The number of carbonyl (C=O) groups is 1. The summed E-state index contributed by atoms with van der Waals surface area (Å²) in [6, 6.07) is 14.1. The van der Waals surface area contributed by atoms with Crippen molar-refractivity contribution in [3.8, 4) is 0 Å². The molecule has 0 fully saturated rings. The van der Waals surface area contributed by atoms with E-state index in [0.29, 0.717) is 12.1 Å². The van der Waals surface area contributed by atoms with E-state index in [1.54, 1.807) is 19.1 Å². The summed E-state index contributed by atoms with van der Waals surface area (Å²) in [5, 5.41) is 2.99. The molecule has 1 amide bonds. The molecule has 2 aromatic carbocycles. The molecular formula is C21H28N2O3S. The van der Waals surface area contributed by atoms with Gasteiger partial charge in [-0.2, -0.15) is 0 Å². The summed E-state index contributed by atoms with van der Waals surface area (Å²) in [5.41, 5.74) is 3.66. The molecule has 2 atom stereocenters. The molecule has 0 bridgehead atoms. The first kappa shape index (κ1) is 21.0. The molecule has 0 heterocycles. The second kappa shape index (κ2) is 8.57. The number of hydrogen-bond acceptors (Lipinski definition) is 3. The third-order valence-corrected chi connectivity index (χ3v) is 5.82. The number of hydrogen-bond donors (Lipinski definition) is 1. The minimum Gasteiger partial charge on any atom is -0.347 e. The van der Waals surface area contributed by atoms with Gasteiger partial charge in [0.25, 0.3) is 0 Å². The normalized spacial score (nSPS) is 13.7. The minimum absolute atomic E-state index is 0.167. The number of sulfonamides is 1. The van der Waals surface area contributed by atoms with Crippen molar-refractivity contribution < 1.29 is 13.2 Å². The van der Waals surface area contributed by atoms with Gasteiger partial charge in [-0.25, -0.2) is 8.42 Å². The Labute approximate surface area is 162 Å². The van der Waals surface area contributed by atoms with Crippen LogP contribution in [0.15, 0.2) is 48.5 Å². The number of anilines is 1. The largest absolute Gasteiger partial charge is 0.347 e. The van der Waals surface area contributed by atoms with Crippen LogP contribution < -0.4 is 9.62 Å². The van der Waals surface area contributed by atoms with Crippen LogP contribution in [-0.2, 0) is 14.8 Å². The maximum absolute atomic E-state index is 12.9. The summed E-state index contributed by atoms with van der Waals surface area (Å²) in [7, 11) is -3.62. The number of rotatable bonds is 7. The molecule has 1 N–H and O–H groups in total. The molecule has 0 saturated heterocycles. The smallest absolute Gasteiger partial charge is 0.244 e. The van der Waals surface area contributed by atoms with Gasteiger partial charge >= 0.3 is 0 Å². The number of amides is 1. The van der Waals surface area contributed by atoms with E-state index in [0.717, 1.165) is 22.9 Å². The van der Waals surface area contributed by atoms with Gasteiger partial charge in [0, 0.05) is 0 Å². The first-order valence-electron chi connectivity index (χ1n) is 9.06. The Hall–Kier alpha value is -2.34. The zero-order valence-corrected chi connectivity index (χ0v) is 17.4. The third kappa shape index (κ3) is 5.32. The standard InChI is InChI=1S/C21H28N2O3S/c1-6-20(18-11-7-15(2)8-12-18)22-21(24)17(4)23(27(5,25)26)19-13-9-16(3)10-14-19/h7-14,17,20H,6H2,1-5H3,(H,22,24)/t17-,20-/m1/s1. The van der Waals surface area contributed by atoms with E-state index in [9.17, 15) is 13.2 Å². The molecule has 2 aromatic rings. The van der Waals surface area contributed by atoms with Gasteiger partial charge in [-0.3, -0.25) is 9.10 Å². The number of nitrogens with one attached hydrogen (secondary N) is 1.